The fourth-order valence-corrected chi connectivity index (χ4v) is 8.17. The highest BCUT2D eigenvalue weighted by Gasteiger charge is 2.26. The van der Waals surface area contributed by atoms with E-state index in [9.17, 15) is 9.90 Å². The summed E-state index contributed by atoms with van der Waals surface area (Å²) in [5, 5.41) is 15.0. The number of aliphatic carboxylic acids is 1. The van der Waals surface area contributed by atoms with Gasteiger partial charge in [0, 0.05) is 50.9 Å². The van der Waals surface area contributed by atoms with Crippen molar-refractivity contribution < 1.29 is 24.1 Å². The zero-order valence-electron chi connectivity index (χ0n) is 32.8. The Morgan fingerprint density at radius 1 is 0.966 bits per heavy atom. The van der Waals surface area contributed by atoms with Crippen LogP contribution in [0.2, 0.25) is 5.02 Å². The molecule has 7 rings (SSSR count). The van der Waals surface area contributed by atoms with E-state index in [0.717, 1.165) is 59.9 Å². The van der Waals surface area contributed by atoms with Crippen molar-refractivity contribution in [2.24, 2.45) is 0 Å². The molecule has 0 saturated carbocycles. The van der Waals surface area contributed by atoms with Crippen LogP contribution in [-0.2, 0) is 17.8 Å². The van der Waals surface area contributed by atoms with Gasteiger partial charge in [0.25, 0.3) is 0 Å². The number of hydrogen-bond donors (Lipinski definition) is 2. The van der Waals surface area contributed by atoms with Crippen molar-refractivity contribution in [2.75, 3.05) is 58.8 Å². The van der Waals surface area contributed by atoms with Crippen LogP contribution in [0.15, 0.2) is 79.3 Å². The molecule has 6 aromatic rings. The number of hydrogen-bond acceptors (Lipinski definition) is 12. The Labute approximate surface area is 346 Å². The number of aromatic nitrogens is 4. The maximum Gasteiger partial charge on any atom is 0.326 e. The molecule has 1 unspecified atom stereocenters. The summed E-state index contributed by atoms with van der Waals surface area (Å²) in [4.78, 5) is 37.4. The van der Waals surface area contributed by atoms with Gasteiger partial charge in [-0.15, -0.1) is 17.3 Å². The van der Waals surface area contributed by atoms with E-state index in [1.807, 2.05) is 67.6 Å². The van der Waals surface area contributed by atoms with Crippen LogP contribution in [0.25, 0.3) is 32.7 Å². The van der Waals surface area contributed by atoms with E-state index >= 15 is 0 Å². The summed E-state index contributed by atoms with van der Waals surface area (Å²) in [5.74, 6) is 7.90. The first-order valence-corrected chi connectivity index (χ1v) is 20.1. The fourth-order valence-electron chi connectivity index (χ4n) is 6.89. The lowest BCUT2D eigenvalue weighted by molar-refractivity contribution is -0.137. The van der Waals surface area contributed by atoms with Crippen LogP contribution in [0.4, 0.5) is 5.82 Å². The average molecular weight is 818 g/mol. The summed E-state index contributed by atoms with van der Waals surface area (Å²) in [6.07, 6.45) is 3.21. The molecule has 0 bridgehead atoms. The maximum absolute atomic E-state index is 12.9. The third-order valence-electron chi connectivity index (χ3n) is 10.1. The normalized spacial score (nSPS) is 13.7. The van der Waals surface area contributed by atoms with Gasteiger partial charge in [0.2, 0.25) is 0 Å². The SMILES string of the molecule is CC#Cc1sc2ncnc(NC(Cc3ccccc3OCc3ccnc(-c4ccccc4OC)n3)C(=O)O)c2c1-c1ccc(OCCN2CCN(C)CC2)c(Cl)c1C. The zero-order valence-corrected chi connectivity index (χ0v) is 34.4. The van der Waals surface area contributed by atoms with Crippen molar-refractivity contribution in [2.45, 2.75) is 32.9 Å². The predicted molar refractivity (Wildman–Crippen MR) is 228 cm³/mol. The number of thiophene rings is 1. The molecule has 0 amide bonds. The Balaban J connectivity index is 1.13. The van der Waals surface area contributed by atoms with E-state index < -0.39 is 12.0 Å². The van der Waals surface area contributed by atoms with Gasteiger partial charge in [-0.25, -0.2) is 24.7 Å². The van der Waals surface area contributed by atoms with Crippen molar-refractivity contribution in [3.8, 4) is 51.6 Å². The molecule has 1 atom stereocenters. The minimum Gasteiger partial charge on any atom is -0.496 e. The summed E-state index contributed by atoms with van der Waals surface area (Å²) in [6.45, 7) is 9.31. The highest BCUT2D eigenvalue weighted by molar-refractivity contribution is 7.19. The topological polar surface area (TPSA) is 135 Å². The van der Waals surface area contributed by atoms with Crippen LogP contribution in [0.1, 0.15) is 28.6 Å². The first-order valence-electron chi connectivity index (χ1n) is 18.9. The molecule has 4 heterocycles. The molecule has 298 valence electrons. The number of anilines is 1. The molecule has 12 nitrogen and oxygen atoms in total. The highest BCUT2D eigenvalue weighted by Crippen LogP contribution is 2.45. The lowest BCUT2D eigenvalue weighted by Crippen LogP contribution is -2.45. The number of ether oxygens (including phenoxy) is 3. The van der Waals surface area contributed by atoms with Crippen molar-refractivity contribution in [1.29, 1.82) is 0 Å². The molecule has 14 heteroatoms. The molecule has 1 aliphatic heterocycles. The Hall–Kier alpha value is -5.78. The summed E-state index contributed by atoms with van der Waals surface area (Å²) in [7, 11) is 3.75. The Kier molecular flexibility index (Phi) is 13.0. The van der Waals surface area contributed by atoms with Crippen LogP contribution < -0.4 is 19.5 Å². The average Bonchev–Trinajstić information content (AvgIpc) is 3.61. The Morgan fingerprint density at radius 3 is 2.52 bits per heavy atom. The first kappa shape index (κ1) is 40.4. The molecule has 0 spiro atoms. The van der Waals surface area contributed by atoms with E-state index in [4.69, 9.17) is 30.8 Å². The van der Waals surface area contributed by atoms with Gasteiger partial charge < -0.3 is 29.5 Å². The molecule has 3 aromatic carbocycles. The van der Waals surface area contributed by atoms with Gasteiger partial charge in [0.15, 0.2) is 5.82 Å². The summed E-state index contributed by atoms with van der Waals surface area (Å²) < 4.78 is 18.0. The third-order valence-corrected chi connectivity index (χ3v) is 11.5. The molecule has 1 aliphatic rings. The van der Waals surface area contributed by atoms with Gasteiger partial charge in [-0.1, -0.05) is 53.9 Å². The van der Waals surface area contributed by atoms with Crippen LogP contribution in [0.3, 0.4) is 0 Å². The number of piperazine rings is 1. The highest BCUT2D eigenvalue weighted by atomic mass is 35.5. The molecular formula is C44H44ClN7O5S. The molecular weight excluding hydrogens is 774 g/mol. The number of methoxy groups -OCH3 is 1. The van der Waals surface area contributed by atoms with Crippen LogP contribution >= 0.6 is 22.9 Å². The number of carboxylic acid groups (broad SMARTS) is 1. The second-order valence-electron chi connectivity index (χ2n) is 13.8. The molecule has 0 radical (unpaired) electrons. The van der Waals surface area contributed by atoms with E-state index in [1.54, 1.807) is 26.3 Å². The minimum absolute atomic E-state index is 0.0966. The smallest absolute Gasteiger partial charge is 0.326 e. The molecule has 0 aliphatic carbocycles. The number of halogens is 1. The van der Waals surface area contributed by atoms with Gasteiger partial charge in [0.05, 0.1) is 33.7 Å². The lowest BCUT2D eigenvalue weighted by atomic mass is 9.97. The quantitative estimate of drug-likeness (QED) is 0.0996. The second-order valence-corrected chi connectivity index (χ2v) is 15.2. The van der Waals surface area contributed by atoms with E-state index in [0.29, 0.717) is 62.0 Å². The van der Waals surface area contributed by atoms with Crippen LogP contribution in [0, 0.1) is 18.8 Å². The number of carboxylic acids is 1. The Morgan fingerprint density at radius 2 is 1.74 bits per heavy atom. The van der Waals surface area contributed by atoms with E-state index in [1.165, 1.54) is 17.7 Å². The van der Waals surface area contributed by atoms with Gasteiger partial charge in [-0.05, 0) is 67.9 Å². The summed E-state index contributed by atoms with van der Waals surface area (Å²) in [5.41, 5.74) is 4.54. The number of nitrogens with zero attached hydrogens (tertiary/aromatic N) is 6. The third kappa shape index (κ3) is 9.16. The standard InChI is InChI=1S/C44H44ClN7O5S/c1-5-10-37-38(31-15-16-36(40(45)28(31)2)56-24-23-52-21-19-51(3)20-22-52)39-42(47-27-48-43(39)58-37)50-33(44(53)54)25-29-11-6-8-13-34(29)57-26-30-17-18-46-41(49-30)32-12-7-9-14-35(32)55-4/h6-9,11-18,27,33H,19-26H2,1-4H3,(H,53,54)(H,47,48,50). The maximum atomic E-state index is 12.9. The monoisotopic (exact) mass is 817 g/mol. The largest absolute Gasteiger partial charge is 0.496 e. The predicted octanol–water partition coefficient (Wildman–Crippen LogP) is 7.47. The number of fused-ring (bicyclic) bond motifs is 1. The second kappa shape index (κ2) is 18.7. The van der Waals surface area contributed by atoms with Crippen molar-refractivity contribution in [3.63, 3.8) is 0 Å². The van der Waals surface area contributed by atoms with Gasteiger partial charge in [-0.2, -0.15) is 0 Å². The summed E-state index contributed by atoms with van der Waals surface area (Å²) >= 11 is 8.41. The lowest BCUT2D eigenvalue weighted by Gasteiger charge is -2.32. The van der Waals surface area contributed by atoms with E-state index in [2.05, 4.69) is 49.0 Å². The molecule has 3 aromatic heterocycles. The summed E-state index contributed by atoms with van der Waals surface area (Å²) in [6, 6.07) is 19.5. The van der Waals surface area contributed by atoms with Crippen molar-refractivity contribution in [3.05, 3.63) is 106 Å². The van der Waals surface area contributed by atoms with Crippen LogP contribution in [-0.4, -0.2) is 100 Å². The van der Waals surface area contributed by atoms with Crippen molar-refractivity contribution in [1.82, 2.24) is 29.7 Å². The Bertz CT molecular complexity index is 2480. The molecule has 2 N–H and O–H groups in total. The minimum atomic E-state index is -1.08. The van der Waals surface area contributed by atoms with Crippen LogP contribution in [0.5, 0.6) is 17.2 Å². The van der Waals surface area contributed by atoms with Crippen molar-refractivity contribution >= 4 is 44.9 Å². The molecule has 1 fully saturated rings. The number of carbonyl (C=O) groups is 1. The molecule has 1 saturated heterocycles. The fraction of sp³-hybridized carbons (Fsp3) is 0.295. The number of likely N-dealkylation sites (N-methyl/N-ethyl adjacent to an activating group) is 1. The van der Waals surface area contributed by atoms with E-state index in [-0.39, 0.29) is 13.0 Å². The number of benzene rings is 3. The number of nitrogens with one attached hydrogen (secondary N) is 1. The van der Waals surface area contributed by atoms with Gasteiger partial charge >= 0.3 is 5.97 Å². The first-order chi connectivity index (χ1) is 28.2. The number of rotatable bonds is 15. The number of para-hydroxylation sites is 2. The zero-order chi connectivity index (χ0) is 40.6. The van der Waals surface area contributed by atoms with Gasteiger partial charge in [-0.3, -0.25) is 4.90 Å². The molecule has 58 heavy (non-hydrogen) atoms. The van der Waals surface area contributed by atoms with Gasteiger partial charge in [0.1, 0.15) is 53.5 Å².